The number of nitrogens with one attached hydrogen (secondary N) is 1. The van der Waals surface area contributed by atoms with E-state index in [-0.39, 0.29) is 0 Å². The molecule has 17 heavy (non-hydrogen) atoms. The van der Waals surface area contributed by atoms with Gasteiger partial charge in [0.15, 0.2) is 0 Å². The van der Waals surface area contributed by atoms with Crippen LogP contribution in [0.25, 0.3) is 0 Å². The number of hydrogen-bond acceptors (Lipinski definition) is 5. The van der Waals surface area contributed by atoms with E-state index in [0.29, 0.717) is 5.88 Å². The van der Waals surface area contributed by atoms with Gasteiger partial charge < -0.3 is 14.8 Å². The fraction of sp³-hybridized carbons (Fsp3) is 0.333. The van der Waals surface area contributed by atoms with Gasteiger partial charge in [-0.3, -0.25) is 0 Å². The van der Waals surface area contributed by atoms with Crippen LogP contribution in [0.4, 0.5) is 5.69 Å². The number of esters is 1. The Bertz CT molecular complexity index is 347. The van der Waals surface area contributed by atoms with Gasteiger partial charge in [-0.1, -0.05) is 13.8 Å². The van der Waals surface area contributed by atoms with Crippen molar-refractivity contribution < 1.29 is 14.3 Å². The third kappa shape index (κ3) is 6.19. The van der Waals surface area contributed by atoms with Crippen molar-refractivity contribution in [3.63, 3.8) is 0 Å². The molecule has 5 nitrogen and oxygen atoms in total. The lowest BCUT2D eigenvalue weighted by Crippen LogP contribution is -1.96. The normalized spacial score (nSPS) is 9.18. The summed E-state index contributed by atoms with van der Waals surface area (Å²) in [5, 5.41) is 2.86. The Morgan fingerprint density at radius 1 is 1.35 bits per heavy atom. The van der Waals surface area contributed by atoms with Gasteiger partial charge in [-0.2, -0.15) is 0 Å². The summed E-state index contributed by atoms with van der Waals surface area (Å²) in [5.41, 5.74) is 0.760. The monoisotopic (exact) mass is 238 g/mol. The Labute approximate surface area is 101 Å². The minimum absolute atomic E-state index is 0.413. The van der Waals surface area contributed by atoms with Gasteiger partial charge in [-0.05, 0) is 6.07 Å². The molecule has 1 aromatic rings. The molecule has 0 aliphatic carbocycles. The molecule has 1 rings (SSSR count). The van der Waals surface area contributed by atoms with Crippen LogP contribution in [0.2, 0.25) is 0 Å². The number of pyridine rings is 1. The van der Waals surface area contributed by atoms with Gasteiger partial charge in [0.1, 0.15) is 0 Å². The summed E-state index contributed by atoms with van der Waals surface area (Å²) < 4.78 is 9.32. The molecule has 1 N–H and O–H groups in total. The van der Waals surface area contributed by atoms with Crippen LogP contribution in [0.3, 0.4) is 0 Å². The van der Waals surface area contributed by atoms with Crippen LogP contribution in [0.5, 0.6) is 5.88 Å². The van der Waals surface area contributed by atoms with E-state index in [2.05, 4.69) is 15.0 Å². The maximum atomic E-state index is 10.7. The van der Waals surface area contributed by atoms with Crippen molar-refractivity contribution in [2.45, 2.75) is 13.8 Å². The Morgan fingerprint density at radius 2 is 2.06 bits per heavy atom. The SMILES string of the molecule is CC.COC(=O)/C=C/Nc1ccc(OC)nc1. The molecule has 0 aliphatic heterocycles. The van der Waals surface area contributed by atoms with Crippen LogP contribution < -0.4 is 10.1 Å². The van der Waals surface area contributed by atoms with Crippen LogP contribution in [-0.4, -0.2) is 25.2 Å². The van der Waals surface area contributed by atoms with E-state index in [1.807, 2.05) is 13.8 Å². The topological polar surface area (TPSA) is 60.5 Å². The summed E-state index contributed by atoms with van der Waals surface area (Å²) in [6, 6.07) is 3.50. The van der Waals surface area contributed by atoms with Gasteiger partial charge in [0.25, 0.3) is 0 Å². The highest BCUT2D eigenvalue weighted by atomic mass is 16.5. The molecule has 0 radical (unpaired) electrons. The lowest BCUT2D eigenvalue weighted by Gasteiger charge is -2.01. The van der Waals surface area contributed by atoms with Gasteiger partial charge >= 0.3 is 5.97 Å². The summed E-state index contributed by atoms with van der Waals surface area (Å²) in [5.74, 6) is 0.126. The number of methoxy groups -OCH3 is 2. The van der Waals surface area contributed by atoms with E-state index in [1.54, 1.807) is 25.4 Å². The standard InChI is InChI=1S/C10H12N2O3.C2H6/c1-14-9-4-3-8(7-12-9)11-6-5-10(13)15-2;1-2/h3-7,11H,1-2H3;1-2H3/b6-5+;. The van der Waals surface area contributed by atoms with Crippen LogP contribution >= 0.6 is 0 Å². The number of nitrogens with zero attached hydrogens (tertiary/aromatic N) is 1. The van der Waals surface area contributed by atoms with Crippen molar-refractivity contribution in [2.75, 3.05) is 19.5 Å². The molecular formula is C12H18N2O3. The second kappa shape index (κ2) is 9.21. The molecule has 0 aliphatic rings. The van der Waals surface area contributed by atoms with E-state index in [9.17, 15) is 4.79 Å². The van der Waals surface area contributed by atoms with Gasteiger partial charge in [0.05, 0.1) is 26.1 Å². The first-order valence-electron chi connectivity index (χ1n) is 5.27. The van der Waals surface area contributed by atoms with Gasteiger partial charge in [-0.15, -0.1) is 0 Å². The summed E-state index contributed by atoms with van der Waals surface area (Å²) >= 11 is 0. The fourth-order valence-electron chi connectivity index (χ4n) is 0.860. The van der Waals surface area contributed by atoms with Crippen molar-refractivity contribution in [3.05, 3.63) is 30.6 Å². The zero-order valence-corrected chi connectivity index (χ0v) is 10.6. The van der Waals surface area contributed by atoms with Crippen LogP contribution in [-0.2, 0) is 9.53 Å². The van der Waals surface area contributed by atoms with Crippen molar-refractivity contribution in [1.29, 1.82) is 0 Å². The minimum Gasteiger partial charge on any atom is -0.481 e. The number of rotatable bonds is 4. The molecule has 0 amide bonds. The Kier molecular flexibility index (Phi) is 8.10. The number of anilines is 1. The smallest absolute Gasteiger partial charge is 0.331 e. The number of carbonyl (C=O) groups excluding carboxylic acids is 1. The number of hydrogen-bond donors (Lipinski definition) is 1. The lowest BCUT2D eigenvalue weighted by atomic mass is 10.4. The Morgan fingerprint density at radius 3 is 2.53 bits per heavy atom. The molecular weight excluding hydrogens is 220 g/mol. The first-order chi connectivity index (χ1) is 8.26. The minimum atomic E-state index is -0.413. The van der Waals surface area contributed by atoms with Crippen LogP contribution in [0.15, 0.2) is 30.6 Å². The van der Waals surface area contributed by atoms with E-state index in [0.717, 1.165) is 5.69 Å². The van der Waals surface area contributed by atoms with Gasteiger partial charge in [0.2, 0.25) is 5.88 Å². The molecule has 0 bridgehead atoms. The summed E-state index contributed by atoms with van der Waals surface area (Å²) in [6.45, 7) is 4.00. The van der Waals surface area contributed by atoms with Crippen LogP contribution in [0, 0.1) is 0 Å². The highest BCUT2D eigenvalue weighted by Crippen LogP contribution is 2.10. The predicted molar refractivity (Wildman–Crippen MR) is 66.9 cm³/mol. The zero-order chi connectivity index (χ0) is 13.1. The fourth-order valence-corrected chi connectivity index (χ4v) is 0.860. The molecule has 0 atom stereocenters. The molecule has 0 saturated heterocycles. The second-order valence-electron chi connectivity index (χ2n) is 2.59. The van der Waals surface area contributed by atoms with E-state index in [1.165, 1.54) is 19.4 Å². The third-order valence-electron chi connectivity index (χ3n) is 1.62. The molecule has 0 aromatic carbocycles. The number of carbonyl (C=O) groups is 1. The van der Waals surface area contributed by atoms with Gasteiger partial charge in [-0.25, -0.2) is 9.78 Å². The van der Waals surface area contributed by atoms with E-state index >= 15 is 0 Å². The first-order valence-corrected chi connectivity index (χ1v) is 5.27. The highest BCUT2D eigenvalue weighted by Gasteiger charge is 1.93. The number of ether oxygens (including phenoxy) is 2. The summed E-state index contributed by atoms with van der Waals surface area (Å²) in [6.07, 6.45) is 4.36. The third-order valence-corrected chi connectivity index (χ3v) is 1.62. The zero-order valence-electron chi connectivity index (χ0n) is 10.6. The Balaban J connectivity index is 0.00000121. The van der Waals surface area contributed by atoms with Crippen molar-refractivity contribution in [1.82, 2.24) is 4.98 Å². The molecule has 0 spiro atoms. The van der Waals surface area contributed by atoms with Crippen molar-refractivity contribution in [2.24, 2.45) is 0 Å². The molecule has 0 fully saturated rings. The maximum Gasteiger partial charge on any atom is 0.331 e. The highest BCUT2D eigenvalue weighted by molar-refractivity contribution is 5.82. The van der Waals surface area contributed by atoms with E-state index in [4.69, 9.17) is 4.74 Å². The molecule has 0 unspecified atom stereocenters. The van der Waals surface area contributed by atoms with Crippen molar-refractivity contribution >= 4 is 11.7 Å². The average Bonchev–Trinajstić information content (AvgIpc) is 2.41. The molecule has 1 heterocycles. The molecule has 0 saturated carbocycles. The number of aromatic nitrogens is 1. The summed E-state index contributed by atoms with van der Waals surface area (Å²) in [4.78, 5) is 14.7. The largest absolute Gasteiger partial charge is 0.481 e. The molecule has 94 valence electrons. The quantitative estimate of drug-likeness (QED) is 0.643. The molecule has 1 aromatic heterocycles. The lowest BCUT2D eigenvalue weighted by molar-refractivity contribution is -0.134. The van der Waals surface area contributed by atoms with Crippen LogP contribution in [0.1, 0.15) is 13.8 Å². The van der Waals surface area contributed by atoms with Crippen molar-refractivity contribution in [3.8, 4) is 5.88 Å². The second-order valence-corrected chi connectivity index (χ2v) is 2.59. The average molecular weight is 238 g/mol. The Hall–Kier alpha value is -2.04. The molecule has 5 heteroatoms. The summed E-state index contributed by atoms with van der Waals surface area (Å²) in [7, 11) is 2.87. The predicted octanol–water partition coefficient (Wildman–Crippen LogP) is 2.21. The maximum absolute atomic E-state index is 10.7. The first kappa shape index (κ1) is 15.0. The van der Waals surface area contributed by atoms with E-state index < -0.39 is 5.97 Å². The van der Waals surface area contributed by atoms with Gasteiger partial charge in [0, 0.05) is 18.3 Å².